The molecule has 2 aromatic rings. The number of ether oxygens (including phenoxy) is 1. The van der Waals surface area contributed by atoms with E-state index in [9.17, 15) is 33.6 Å². The lowest BCUT2D eigenvalue weighted by atomic mass is 10.1. The van der Waals surface area contributed by atoms with Crippen LogP contribution in [-0.4, -0.2) is 70.9 Å². The van der Waals surface area contributed by atoms with Gasteiger partial charge in [0.05, 0.1) is 13.2 Å². The summed E-state index contributed by atoms with van der Waals surface area (Å²) in [5.74, 6) is 0.0385. The van der Waals surface area contributed by atoms with E-state index in [0.29, 0.717) is 6.42 Å². The molecule has 6 atom stereocenters. The van der Waals surface area contributed by atoms with Crippen molar-refractivity contribution in [3.05, 3.63) is 58.6 Å². The molecule has 18 nitrogen and oxygen atoms in total. The van der Waals surface area contributed by atoms with Crippen molar-refractivity contribution in [1.82, 2.24) is 9.55 Å². The molecule has 0 bridgehead atoms. The molecule has 1 aromatic carbocycles. The Bertz CT molecular complexity index is 1290. The summed E-state index contributed by atoms with van der Waals surface area (Å²) in [6.07, 6.45) is -4.85. The van der Waals surface area contributed by atoms with Crippen LogP contribution in [0.1, 0.15) is 11.8 Å². The number of nitrogens with one attached hydrogen (secondary N) is 1. The minimum Gasteiger partial charge on any atom is -0.387 e. The first-order valence-electron chi connectivity index (χ1n) is 10.5. The second-order valence-electron chi connectivity index (χ2n) is 7.62. The van der Waals surface area contributed by atoms with Crippen LogP contribution in [0.3, 0.4) is 0 Å². The van der Waals surface area contributed by atoms with Crippen LogP contribution < -0.4 is 11.2 Å². The molecule has 0 radical (unpaired) electrons. The lowest BCUT2D eigenvalue weighted by Gasteiger charge is -2.19. The number of phosphoric acid groups is 3. The molecule has 0 aliphatic carbocycles. The third-order valence-corrected chi connectivity index (χ3v) is 8.57. The van der Waals surface area contributed by atoms with Crippen molar-refractivity contribution >= 4 is 29.3 Å². The second-order valence-corrected chi connectivity index (χ2v) is 12.0. The number of rotatable bonds is 13. The Morgan fingerprint density at radius 1 is 0.974 bits per heavy atom. The number of hydrogen-bond donors (Lipinski definition) is 7. The average molecular weight is 603 g/mol. The fourth-order valence-corrected chi connectivity index (χ4v) is 6.20. The van der Waals surface area contributed by atoms with Crippen molar-refractivity contribution < 1.29 is 66.2 Å². The van der Waals surface area contributed by atoms with Crippen molar-refractivity contribution in [2.45, 2.75) is 31.0 Å². The van der Waals surface area contributed by atoms with Crippen molar-refractivity contribution in [1.29, 1.82) is 0 Å². The SMILES string of the molecule is O=c1nc(NOCCc2ccccc2)ccn1[C@@H]1O[C@H](COP(=O)(O)OP(=O)(O)OP(=O)(O)O)[C@@H](O)[C@H]1O. The first kappa shape index (κ1) is 30.7. The van der Waals surface area contributed by atoms with Gasteiger partial charge in [-0.3, -0.25) is 13.9 Å². The van der Waals surface area contributed by atoms with E-state index in [-0.39, 0.29) is 12.4 Å². The van der Waals surface area contributed by atoms with Gasteiger partial charge in [-0.05, 0) is 18.1 Å². The Balaban J connectivity index is 1.55. The molecule has 2 heterocycles. The van der Waals surface area contributed by atoms with Crippen molar-refractivity contribution in [2.24, 2.45) is 0 Å². The lowest BCUT2D eigenvalue weighted by Crippen LogP contribution is -2.36. The Morgan fingerprint density at radius 3 is 2.29 bits per heavy atom. The number of aromatic nitrogens is 2. The largest absolute Gasteiger partial charge is 0.490 e. The zero-order valence-electron chi connectivity index (χ0n) is 19.1. The highest BCUT2D eigenvalue weighted by molar-refractivity contribution is 7.66. The lowest BCUT2D eigenvalue weighted by molar-refractivity contribution is -0.0541. The van der Waals surface area contributed by atoms with Gasteiger partial charge in [0.2, 0.25) is 0 Å². The van der Waals surface area contributed by atoms with Crippen LogP contribution >= 0.6 is 23.5 Å². The predicted molar refractivity (Wildman–Crippen MR) is 124 cm³/mol. The molecule has 7 N–H and O–H groups in total. The van der Waals surface area contributed by atoms with Gasteiger partial charge in [0.15, 0.2) is 12.0 Å². The van der Waals surface area contributed by atoms with Crippen LogP contribution in [0, 0.1) is 0 Å². The van der Waals surface area contributed by atoms with Crippen LogP contribution in [0.5, 0.6) is 0 Å². The summed E-state index contributed by atoms with van der Waals surface area (Å²) in [7, 11) is -16.8. The van der Waals surface area contributed by atoms with Gasteiger partial charge in [-0.1, -0.05) is 30.3 Å². The standard InChI is InChI=1S/C17H24N3O15P3/c21-14-12(10-32-37(27,28)35-38(29,30)34-36(24,25)26)33-16(15(14)22)20-8-6-13(18-17(20)23)19-31-9-7-11-4-2-1-3-5-11/h1-6,8,12,14-16,21-22H,7,9-10H2,(H,27,28)(H,29,30)(H,18,19,23)(H2,24,25,26)/t12-,14-,15-,16-/m1/s1. The zero-order chi connectivity index (χ0) is 28.1. The number of aliphatic hydroxyl groups is 2. The summed E-state index contributed by atoms with van der Waals surface area (Å²) < 4.78 is 51.6. The maximum Gasteiger partial charge on any atom is 0.490 e. The van der Waals surface area contributed by atoms with Crippen molar-refractivity contribution in [3.8, 4) is 0 Å². The van der Waals surface area contributed by atoms with Gasteiger partial charge in [-0.25, -0.2) is 24.0 Å². The number of hydrogen-bond acceptors (Lipinski definition) is 13. The first-order valence-corrected chi connectivity index (χ1v) is 15.0. The summed E-state index contributed by atoms with van der Waals surface area (Å²) in [5.41, 5.74) is 2.61. The van der Waals surface area contributed by atoms with Crippen LogP contribution in [0.4, 0.5) is 5.82 Å². The van der Waals surface area contributed by atoms with Gasteiger partial charge >= 0.3 is 29.2 Å². The third kappa shape index (κ3) is 9.12. The number of anilines is 1. The van der Waals surface area contributed by atoms with E-state index in [1.807, 2.05) is 30.3 Å². The van der Waals surface area contributed by atoms with E-state index in [1.54, 1.807) is 0 Å². The molecule has 212 valence electrons. The second kappa shape index (κ2) is 12.6. The van der Waals surface area contributed by atoms with E-state index in [1.165, 1.54) is 12.3 Å². The fraction of sp³-hybridized carbons (Fsp3) is 0.412. The molecule has 21 heteroatoms. The van der Waals surface area contributed by atoms with Crippen molar-refractivity contribution in [2.75, 3.05) is 18.7 Å². The summed E-state index contributed by atoms with van der Waals surface area (Å²) in [5, 5.41) is 20.5. The Morgan fingerprint density at radius 2 is 1.66 bits per heavy atom. The van der Waals surface area contributed by atoms with E-state index < -0.39 is 60.3 Å². The van der Waals surface area contributed by atoms with Gasteiger partial charge in [-0.2, -0.15) is 13.6 Å². The highest BCUT2D eigenvalue weighted by Gasteiger charge is 2.46. The number of aliphatic hydroxyl groups excluding tert-OH is 2. The van der Waals surface area contributed by atoms with E-state index in [0.717, 1.165) is 10.1 Å². The highest BCUT2D eigenvalue weighted by atomic mass is 31.3. The molecule has 1 aromatic heterocycles. The number of phosphoric ester groups is 1. The monoisotopic (exact) mass is 603 g/mol. The van der Waals surface area contributed by atoms with E-state index >= 15 is 0 Å². The molecule has 0 amide bonds. The van der Waals surface area contributed by atoms with Gasteiger partial charge in [-0.15, -0.1) is 0 Å². The zero-order valence-corrected chi connectivity index (χ0v) is 21.7. The summed E-state index contributed by atoms with van der Waals surface area (Å²) >= 11 is 0. The maximum atomic E-state index is 12.4. The van der Waals surface area contributed by atoms with Gasteiger partial charge in [0.25, 0.3) is 0 Å². The molecule has 2 unspecified atom stereocenters. The summed E-state index contributed by atoms with van der Waals surface area (Å²) in [6, 6.07) is 10.8. The highest BCUT2D eigenvalue weighted by Crippen LogP contribution is 2.66. The van der Waals surface area contributed by atoms with Gasteiger partial charge in [0.1, 0.15) is 18.3 Å². The first-order chi connectivity index (χ1) is 17.7. The molecule has 1 saturated heterocycles. The molecular formula is C17H24N3O15P3. The molecule has 1 fully saturated rings. The van der Waals surface area contributed by atoms with Gasteiger partial charge < -0.3 is 34.5 Å². The Hall–Kier alpha value is -1.85. The third-order valence-electron chi connectivity index (χ3n) is 4.77. The Kier molecular flexibility index (Phi) is 10.1. The minimum absolute atomic E-state index is 0.0385. The summed E-state index contributed by atoms with van der Waals surface area (Å²) in [4.78, 5) is 57.2. The average Bonchev–Trinajstić information content (AvgIpc) is 3.07. The normalized spacial score (nSPS) is 25.0. The van der Waals surface area contributed by atoms with Crippen molar-refractivity contribution in [3.63, 3.8) is 0 Å². The number of nitrogens with zero attached hydrogens (tertiary/aromatic N) is 2. The van der Waals surface area contributed by atoms with Crippen LogP contribution in [0.25, 0.3) is 0 Å². The molecule has 1 aliphatic rings. The van der Waals surface area contributed by atoms with Gasteiger partial charge in [0, 0.05) is 6.20 Å². The molecule has 0 saturated carbocycles. The molecular weight excluding hydrogens is 579 g/mol. The maximum absolute atomic E-state index is 12.4. The van der Waals surface area contributed by atoms with E-state index in [2.05, 4.69) is 23.6 Å². The smallest absolute Gasteiger partial charge is 0.387 e. The molecule has 38 heavy (non-hydrogen) atoms. The van der Waals surface area contributed by atoms with Crippen LogP contribution in [0.15, 0.2) is 47.4 Å². The molecule has 0 spiro atoms. The quantitative estimate of drug-likeness (QED) is 0.0887. The fourth-order valence-electron chi connectivity index (χ4n) is 3.17. The molecule has 1 aliphatic heterocycles. The van der Waals surface area contributed by atoms with Crippen LogP contribution in [0.2, 0.25) is 0 Å². The van der Waals surface area contributed by atoms with E-state index in [4.69, 9.17) is 24.3 Å². The van der Waals surface area contributed by atoms with Crippen LogP contribution in [-0.2, 0) is 42.8 Å². The molecule has 3 rings (SSSR count). The summed E-state index contributed by atoms with van der Waals surface area (Å²) in [6.45, 7) is -0.766. The predicted octanol–water partition coefficient (Wildman–Crippen LogP) is -0.208. The topological polar surface area (TPSA) is 266 Å². The Labute approximate surface area is 213 Å². The minimum atomic E-state index is -5.75. The number of benzene rings is 1.